The predicted octanol–water partition coefficient (Wildman–Crippen LogP) is 2.37. The maximum atomic E-state index is 13.1. The molecule has 1 aromatic carbocycles. The van der Waals surface area contributed by atoms with Crippen molar-refractivity contribution in [2.45, 2.75) is 24.5 Å². The maximum Gasteiger partial charge on any atom is 0.309 e. The quantitative estimate of drug-likeness (QED) is 0.750. The molecule has 5 heteroatoms. The van der Waals surface area contributed by atoms with Crippen molar-refractivity contribution < 1.29 is 17.0 Å². The summed E-state index contributed by atoms with van der Waals surface area (Å²) in [6.07, 6.45) is 1.84. The summed E-state index contributed by atoms with van der Waals surface area (Å²) in [5.41, 5.74) is 1.45. The Hall–Kier alpha value is -1.10. The molecule has 1 aromatic rings. The van der Waals surface area contributed by atoms with Gasteiger partial charge in [-0.05, 0) is 42.5 Å². The fraction of sp³-hybridized carbons (Fsp3) is 0.455. The first-order valence-corrected chi connectivity index (χ1v) is 6.57. The molecule has 16 heavy (non-hydrogen) atoms. The predicted molar refractivity (Wildman–Crippen MR) is 58.7 cm³/mol. The van der Waals surface area contributed by atoms with Crippen LogP contribution in [-0.2, 0) is 16.6 Å². The normalized spacial score (nSPS) is 20.2. The van der Waals surface area contributed by atoms with Gasteiger partial charge in [-0.25, -0.2) is 0 Å². The van der Waals surface area contributed by atoms with E-state index >= 15 is 0 Å². The van der Waals surface area contributed by atoms with Crippen LogP contribution in [0.3, 0.4) is 0 Å². The maximum absolute atomic E-state index is 13.1. The largest absolute Gasteiger partial charge is 0.497 e. The zero-order chi connectivity index (χ0) is 11.8. The molecule has 0 saturated carbocycles. The Bertz CT molecular complexity index is 496. The fourth-order valence-corrected chi connectivity index (χ4v) is 3.12. The summed E-state index contributed by atoms with van der Waals surface area (Å²) < 4.78 is 40.2. The number of hydrogen-bond donors (Lipinski definition) is 0. The standard InChI is InChI=1S/C11H13FO3S/c1-15-9-6-5-8-3-2-4-11(10(8)7-9)16(12,13)14/h5-7,11H,2-4H2,1H3. The van der Waals surface area contributed by atoms with Crippen LogP contribution in [0.25, 0.3) is 0 Å². The summed E-state index contributed by atoms with van der Waals surface area (Å²) in [5.74, 6) is 0.564. The van der Waals surface area contributed by atoms with Crippen LogP contribution in [0.5, 0.6) is 5.75 Å². The van der Waals surface area contributed by atoms with E-state index in [0.717, 1.165) is 12.0 Å². The lowest BCUT2D eigenvalue weighted by Gasteiger charge is -2.22. The highest BCUT2D eigenvalue weighted by atomic mass is 32.3. The molecule has 0 saturated heterocycles. The van der Waals surface area contributed by atoms with Gasteiger partial charge in [0.05, 0.1) is 7.11 Å². The van der Waals surface area contributed by atoms with E-state index < -0.39 is 15.5 Å². The van der Waals surface area contributed by atoms with Crippen LogP contribution in [0.1, 0.15) is 29.2 Å². The highest BCUT2D eigenvalue weighted by Crippen LogP contribution is 2.38. The van der Waals surface area contributed by atoms with Crippen LogP contribution in [0.4, 0.5) is 3.89 Å². The number of halogens is 1. The molecule has 1 aliphatic rings. The molecule has 0 heterocycles. The number of aryl methyl sites for hydroxylation is 1. The first-order valence-electron chi connectivity index (χ1n) is 5.12. The number of ether oxygens (including phenoxy) is 1. The average Bonchev–Trinajstić information content (AvgIpc) is 2.26. The molecule has 0 spiro atoms. The van der Waals surface area contributed by atoms with Gasteiger partial charge in [-0.1, -0.05) is 6.07 Å². The van der Waals surface area contributed by atoms with Gasteiger partial charge in [0.2, 0.25) is 0 Å². The van der Waals surface area contributed by atoms with Crippen LogP contribution < -0.4 is 4.74 Å². The molecule has 0 amide bonds. The Kier molecular flexibility index (Phi) is 2.88. The van der Waals surface area contributed by atoms with E-state index in [1.165, 1.54) is 7.11 Å². The van der Waals surface area contributed by atoms with E-state index in [1.807, 2.05) is 6.07 Å². The average molecular weight is 244 g/mol. The summed E-state index contributed by atoms with van der Waals surface area (Å²) >= 11 is 0. The van der Waals surface area contributed by atoms with Gasteiger partial charge in [-0.2, -0.15) is 8.42 Å². The van der Waals surface area contributed by atoms with Crippen molar-refractivity contribution in [3.8, 4) is 5.75 Å². The molecule has 0 aromatic heterocycles. The fourth-order valence-electron chi connectivity index (χ4n) is 2.15. The van der Waals surface area contributed by atoms with Crippen molar-refractivity contribution in [3.63, 3.8) is 0 Å². The van der Waals surface area contributed by atoms with E-state index in [2.05, 4.69) is 0 Å². The third-order valence-corrected chi connectivity index (χ3v) is 4.12. The van der Waals surface area contributed by atoms with Crippen molar-refractivity contribution >= 4 is 10.2 Å². The smallest absolute Gasteiger partial charge is 0.309 e. The van der Waals surface area contributed by atoms with Gasteiger partial charge < -0.3 is 4.74 Å². The summed E-state index contributed by atoms with van der Waals surface area (Å²) in [5, 5.41) is -1.02. The minimum atomic E-state index is -4.52. The Labute approximate surface area is 94.5 Å². The van der Waals surface area contributed by atoms with E-state index in [1.54, 1.807) is 12.1 Å². The SMILES string of the molecule is COc1ccc2c(c1)C(S(=O)(=O)F)CCC2. The van der Waals surface area contributed by atoms with E-state index in [9.17, 15) is 12.3 Å². The lowest BCUT2D eigenvalue weighted by Crippen LogP contribution is -2.15. The molecular formula is C11H13FO3S. The van der Waals surface area contributed by atoms with Gasteiger partial charge in [-0.15, -0.1) is 3.89 Å². The Balaban J connectivity index is 2.52. The molecule has 1 aliphatic carbocycles. The first kappa shape index (κ1) is 11.4. The van der Waals surface area contributed by atoms with Gasteiger partial charge >= 0.3 is 10.2 Å². The first-order chi connectivity index (χ1) is 7.52. The number of fused-ring (bicyclic) bond motifs is 1. The van der Waals surface area contributed by atoms with Crippen molar-refractivity contribution in [3.05, 3.63) is 29.3 Å². The van der Waals surface area contributed by atoms with Crippen LogP contribution in [0, 0.1) is 0 Å². The molecular weight excluding hydrogens is 231 g/mol. The van der Waals surface area contributed by atoms with Gasteiger partial charge in [0.1, 0.15) is 11.0 Å². The highest BCUT2D eigenvalue weighted by molar-refractivity contribution is 7.86. The van der Waals surface area contributed by atoms with Gasteiger partial charge in [0.15, 0.2) is 0 Å². The molecule has 0 bridgehead atoms. The van der Waals surface area contributed by atoms with Crippen LogP contribution in [-0.4, -0.2) is 15.5 Å². The third-order valence-electron chi connectivity index (χ3n) is 2.95. The molecule has 88 valence electrons. The Morgan fingerprint density at radius 3 is 2.81 bits per heavy atom. The number of rotatable bonds is 2. The minimum Gasteiger partial charge on any atom is -0.497 e. The summed E-state index contributed by atoms with van der Waals surface area (Å²) in [4.78, 5) is 0. The molecule has 0 fully saturated rings. The summed E-state index contributed by atoms with van der Waals surface area (Å²) in [7, 11) is -3.02. The Morgan fingerprint density at radius 1 is 1.44 bits per heavy atom. The minimum absolute atomic E-state index is 0.346. The molecule has 1 unspecified atom stereocenters. The number of methoxy groups -OCH3 is 1. The van der Waals surface area contributed by atoms with Gasteiger partial charge in [0.25, 0.3) is 0 Å². The van der Waals surface area contributed by atoms with Crippen LogP contribution in [0.2, 0.25) is 0 Å². The second-order valence-electron chi connectivity index (χ2n) is 3.92. The lowest BCUT2D eigenvalue weighted by atomic mass is 9.91. The van der Waals surface area contributed by atoms with Gasteiger partial charge in [-0.3, -0.25) is 0 Å². The summed E-state index contributed by atoms with van der Waals surface area (Å²) in [6.45, 7) is 0. The van der Waals surface area contributed by atoms with Crippen LogP contribution >= 0.6 is 0 Å². The monoisotopic (exact) mass is 244 g/mol. The highest BCUT2D eigenvalue weighted by Gasteiger charge is 2.31. The Morgan fingerprint density at radius 2 is 2.19 bits per heavy atom. The number of benzene rings is 1. The van der Waals surface area contributed by atoms with Crippen LogP contribution in [0.15, 0.2) is 18.2 Å². The van der Waals surface area contributed by atoms with Crippen molar-refractivity contribution in [2.24, 2.45) is 0 Å². The molecule has 0 radical (unpaired) electrons. The molecule has 0 aliphatic heterocycles. The van der Waals surface area contributed by atoms with E-state index in [-0.39, 0.29) is 0 Å². The zero-order valence-electron chi connectivity index (χ0n) is 8.94. The van der Waals surface area contributed by atoms with E-state index in [4.69, 9.17) is 4.74 Å². The molecule has 1 atom stereocenters. The molecule has 3 nitrogen and oxygen atoms in total. The van der Waals surface area contributed by atoms with Crippen molar-refractivity contribution in [1.82, 2.24) is 0 Å². The third kappa shape index (κ3) is 2.04. The van der Waals surface area contributed by atoms with E-state index in [0.29, 0.717) is 24.2 Å². The molecule has 2 rings (SSSR count). The van der Waals surface area contributed by atoms with Crippen molar-refractivity contribution in [1.29, 1.82) is 0 Å². The van der Waals surface area contributed by atoms with Crippen molar-refractivity contribution in [2.75, 3.05) is 7.11 Å². The number of hydrogen-bond acceptors (Lipinski definition) is 3. The lowest BCUT2D eigenvalue weighted by molar-refractivity contribution is 0.413. The summed E-state index contributed by atoms with van der Waals surface area (Å²) in [6, 6.07) is 5.20. The second-order valence-corrected chi connectivity index (χ2v) is 5.44. The molecule has 0 N–H and O–H groups in total. The van der Waals surface area contributed by atoms with Gasteiger partial charge in [0, 0.05) is 0 Å². The second kappa shape index (κ2) is 4.05. The zero-order valence-corrected chi connectivity index (χ0v) is 9.76. The topological polar surface area (TPSA) is 43.4 Å².